The van der Waals surface area contributed by atoms with Crippen molar-refractivity contribution in [2.45, 2.75) is 12.8 Å². The maximum Gasteiger partial charge on any atom is 0.303 e. The van der Waals surface area contributed by atoms with Crippen molar-refractivity contribution in [3.63, 3.8) is 0 Å². The largest absolute Gasteiger partial charge is 0.481 e. The SMILES string of the molecule is O=C(O)CCc1c[nH]c2cc(Cl)ccc12. The number of carboxylic acids is 1. The number of aromatic nitrogens is 1. The number of fused-ring (bicyclic) bond motifs is 1. The van der Waals surface area contributed by atoms with Gasteiger partial charge in [-0.2, -0.15) is 0 Å². The first-order chi connectivity index (χ1) is 7.16. The van der Waals surface area contributed by atoms with Gasteiger partial charge in [-0.3, -0.25) is 4.79 Å². The molecule has 0 aliphatic rings. The fourth-order valence-corrected chi connectivity index (χ4v) is 1.78. The third kappa shape index (κ3) is 2.13. The molecule has 0 aliphatic carbocycles. The van der Waals surface area contributed by atoms with E-state index in [2.05, 4.69) is 4.98 Å². The van der Waals surface area contributed by atoms with Crippen molar-refractivity contribution in [1.29, 1.82) is 0 Å². The second-order valence-electron chi connectivity index (χ2n) is 3.40. The van der Waals surface area contributed by atoms with Crippen molar-refractivity contribution < 1.29 is 9.90 Å². The topological polar surface area (TPSA) is 53.1 Å². The van der Waals surface area contributed by atoms with Crippen LogP contribution in [-0.4, -0.2) is 16.1 Å². The molecule has 1 aromatic heterocycles. The molecule has 0 amide bonds. The van der Waals surface area contributed by atoms with Crippen LogP contribution in [0.5, 0.6) is 0 Å². The zero-order valence-corrected chi connectivity index (χ0v) is 8.71. The van der Waals surface area contributed by atoms with Gasteiger partial charge in [0.25, 0.3) is 0 Å². The van der Waals surface area contributed by atoms with Crippen LogP contribution in [0, 0.1) is 0 Å². The third-order valence-electron chi connectivity index (χ3n) is 2.34. The zero-order chi connectivity index (χ0) is 10.8. The molecule has 0 saturated carbocycles. The van der Waals surface area contributed by atoms with Crippen molar-refractivity contribution >= 4 is 28.5 Å². The highest BCUT2D eigenvalue weighted by molar-refractivity contribution is 6.31. The minimum absolute atomic E-state index is 0.148. The lowest BCUT2D eigenvalue weighted by atomic mass is 10.1. The summed E-state index contributed by atoms with van der Waals surface area (Å²) in [6.45, 7) is 0. The quantitative estimate of drug-likeness (QED) is 0.841. The smallest absolute Gasteiger partial charge is 0.303 e. The summed E-state index contributed by atoms with van der Waals surface area (Å²) < 4.78 is 0. The lowest BCUT2D eigenvalue weighted by Crippen LogP contribution is -1.96. The van der Waals surface area contributed by atoms with Crippen LogP contribution >= 0.6 is 11.6 Å². The van der Waals surface area contributed by atoms with E-state index in [4.69, 9.17) is 16.7 Å². The highest BCUT2D eigenvalue weighted by Crippen LogP contribution is 2.22. The maximum atomic E-state index is 10.5. The molecular weight excluding hydrogens is 214 g/mol. The number of hydrogen-bond donors (Lipinski definition) is 2. The molecule has 1 aromatic carbocycles. The molecule has 0 saturated heterocycles. The van der Waals surface area contributed by atoms with Gasteiger partial charge < -0.3 is 10.1 Å². The summed E-state index contributed by atoms with van der Waals surface area (Å²) in [4.78, 5) is 13.5. The predicted molar refractivity (Wildman–Crippen MR) is 59.3 cm³/mol. The van der Waals surface area contributed by atoms with Gasteiger partial charge >= 0.3 is 5.97 Å². The maximum absolute atomic E-state index is 10.5. The molecule has 0 radical (unpaired) electrons. The lowest BCUT2D eigenvalue weighted by Gasteiger charge is -1.96. The number of carboxylic acid groups (broad SMARTS) is 1. The molecule has 78 valence electrons. The van der Waals surface area contributed by atoms with E-state index in [1.165, 1.54) is 0 Å². The normalized spacial score (nSPS) is 10.7. The Hall–Kier alpha value is -1.48. The molecule has 4 heteroatoms. The molecule has 1 heterocycles. The van der Waals surface area contributed by atoms with Gasteiger partial charge in [-0.15, -0.1) is 0 Å². The number of aromatic amines is 1. The molecule has 0 bridgehead atoms. The van der Waals surface area contributed by atoms with Gasteiger partial charge in [-0.25, -0.2) is 0 Å². The van der Waals surface area contributed by atoms with Gasteiger partial charge in [0, 0.05) is 28.5 Å². The second-order valence-corrected chi connectivity index (χ2v) is 3.83. The van der Waals surface area contributed by atoms with Gasteiger partial charge in [-0.05, 0) is 24.1 Å². The Bertz CT molecular complexity index is 504. The molecule has 15 heavy (non-hydrogen) atoms. The van der Waals surface area contributed by atoms with E-state index >= 15 is 0 Å². The minimum atomic E-state index is -0.779. The van der Waals surface area contributed by atoms with Crippen LogP contribution in [0.25, 0.3) is 10.9 Å². The Morgan fingerprint density at radius 1 is 1.47 bits per heavy atom. The highest BCUT2D eigenvalue weighted by atomic mass is 35.5. The van der Waals surface area contributed by atoms with Crippen LogP contribution in [0.4, 0.5) is 0 Å². The van der Waals surface area contributed by atoms with Crippen LogP contribution in [0.15, 0.2) is 24.4 Å². The van der Waals surface area contributed by atoms with Crippen molar-refractivity contribution in [2.24, 2.45) is 0 Å². The van der Waals surface area contributed by atoms with E-state index in [1.807, 2.05) is 24.4 Å². The molecule has 0 aliphatic heterocycles. The van der Waals surface area contributed by atoms with E-state index in [9.17, 15) is 4.79 Å². The monoisotopic (exact) mass is 223 g/mol. The Kier molecular flexibility index (Phi) is 2.64. The first-order valence-electron chi connectivity index (χ1n) is 4.64. The fourth-order valence-electron chi connectivity index (χ4n) is 1.61. The van der Waals surface area contributed by atoms with Crippen molar-refractivity contribution in [1.82, 2.24) is 4.98 Å². The van der Waals surface area contributed by atoms with Crippen LogP contribution in [0.3, 0.4) is 0 Å². The van der Waals surface area contributed by atoms with E-state index in [0.29, 0.717) is 11.4 Å². The van der Waals surface area contributed by atoms with E-state index in [0.717, 1.165) is 16.5 Å². The van der Waals surface area contributed by atoms with Crippen molar-refractivity contribution in [3.05, 3.63) is 35.0 Å². The van der Waals surface area contributed by atoms with Crippen molar-refractivity contribution in [2.75, 3.05) is 0 Å². The minimum Gasteiger partial charge on any atom is -0.481 e. The van der Waals surface area contributed by atoms with Gasteiger partial charge in [0.15, 0.2) is 0 Å². The van der Waals surface area contributed by atoms with Crippen LogP contribution in [-0.2, 0) is 11.2 Å². The molecular formula is C11H10ClNO2. The molecule has 0 fully saturated rings. The summed E-state index contributed by atoms with van der Waals surface area (Å²) >= 11 is 5.84. The number of aryl methyl sites for hydroxylation is 1. The summed E-state index contributed by atoms with van der Waals surface area (Å²) in [7, 11) is 0. The van der Waals surface area contributed by atoms with Gasteiger partial charge in [0.05, 0.1) is 0 Å². The number of nitrogens with one attached hydrogen (secondary N) is 1. The first kappa shape index (κ1) is 10.1. The summed E-state index contributed by atoms with van der Waals surface area (Å²) in [5.41, 5.74) is 1.96. The van der Waals surface area contributed by atoms with Gasteiger partial charge in [0.1, 0.15) is 0 Å². The predicted octanol–water partition coefficient (Wildman–Crippen LogP) is 2.84. The third-order valence-corrected chi connectivity index (χ3v) is 2.57. The Morgan fingerprint density at radius 3 is 3.00 bits per heavy atom. The summed E-state index contributed by atoms with van der Waals surface area (Å²) in [5, 5.41) is 10.3. The average molecular weight is 224 g/mol. The Balaban J connectivity index is 2.32. The van der Waals surface area contributed by atoms with Crippen LogP contribution in [0.2, 0.25) is 5.02 Å². The molecule has 3 nitrogen and oxygen atoms in total. The fraction of sp³-hybridized carbons (Fsp3) is 0.182. The van der Waals surface area contributed by atoms with Gasteiger partial charge in [0.2, 0.25) is 0 Å². The highest BCUT2D eigenvalue weighted by Gasteiger charge is 2.05. The summed E-state index contributed by atoms with van der Waals surface area (Å²) in [5.74, 6) is -0.779. The number of aliphatic carboxylic acids is 1. The molecule has 2 aromatic rings. The van der Waals surface area contributed by atoms with E-state index < -0.39 is 5.97 Å². The van der Waals surface area contributed by atoms with E-state index in [-0.39, 0.29) is 6.42 Å². The first-order valence-corrected chi connectivity index (χ1v) is 5.02. The molecule has 0 unspecified atom stereocenters. The second kappa shape index (κ2) is 3.95. The van der Waals surface area contributed by atoms with Crippen LogP contribution in [0.1, 0.15) is 12.0 Å². The number of hydrogen-bond acceptors (Lipinski definition) is 1. The van der Waals surface area contributed by atoms with Crippen molar-refractivity contribution in [3.8, 4) is 0 Å². The number of H-pyrrole nitrogens is 1. The average Bonchev–Trinajstić information content (AvgIpc) is 2.57. The van der Waals surface area contributed by atoms with E-state index in [1.54, 1.807) is 0 Å². The number of carbonyl (C=O) groups is 1. The number of benzene rings is 1. The number of rotatable bonds is 3. The molecule has 0 atom stereocenters. The molecule has 2 N–H and O–H groups in total. The standard InChI is InChI=1S/C11H10ClNO2/c12-8-2-3-9-7(1-4-11(14)15)6-13-10(9)5-8/h2-3,5-6,13H,1,4H2,(H,14,15). The van der Waals surface area contributed by atoms with Gasteiger partial charge in [-0.1, -0.05) is 17.7 Å². The molecule has 0 spiro atoms. The van der Waals surface area contributed by atoms with Crippen LogP contribution < -0.4 is 0 Å². The Labute approximate surface area is 91.7 Å². The lowest BCUT2D eigenvalue weighted by molar-refractivity contribution is -0.136. The summed E-state index contributed by atoms with van der Waals surface area (Å²) in [6, 6.07) is 5.55. The zero-order valence-electron chi connectivity index (χ0n) is 7.96. The number of halogens is 1. The molecule has 2 rings (SSSR count). The summed E-state index contributed by atoms with van der Waals surface area (Å²) in [6.07, 6.45) is 2.52. The Morgan fingerprint density at radius 2 is 2.27 bits per heavy atom.